The van der Waals surface area contributed by atoms with Gasteiger partial charge in [-0.2, -0.15) is 5.48 Å². The minimum absolute atomic E-state index is 0.456. The SMILES string of the molecule is CC(C)CONCC(Cl)=CCl. The lowest BCUT2D eigenvalue weighted by Gasteiger charge is -2.06. The maximum atomic E-state index is 5.57. The quantitative estimate of drug-likeness (QED) is 0.541. The summed E-state index contributed by atoms with van der Waals surface area (Å²) in [5, 5.41) is 0.537. The Morgan fingerprint density at radius 2 is 2.27 bits per heavy atom. The molecule has 0 saturated heterocycles. The second-order valence-electron chi connectivity index (χ2n) is 2.58. The van der Waals surface area contributed by atoms with Crippen LogP contribution in [0.4, 0.5) is 0 Å². The Bertz CT molecular complexity index is 126. The Hall–Kier alpha value is 0.240. The Morgan fingerprint density at radius 1 is 1.64 bits per heavy atom. The van der Waals surface area contributed by atoms with Gasteiger partial charge in [0.25, 0.3) is 0 Å². The van der Waals surface area contributed by atoms with Crippen LogP contribution in [0, 0.1) is 5.92 Å². The van der Waals surface area contributed by atoms with E-state index in [1.807, 2.05) is 0 Å². The lowest BCUT2D eigenvalue weighted by Crippen LogP contribution is -2.19. The molecule has 0 atom stereocenters. The van der Waals surface area contributed by atoms with E-state index in [1.54, 1.807) is 0 Å². The number of rotatable bonds is 5. The highest BCUT2D eigenvalue weighted by Crippen LogP contribution is 2.00. The maximum Gasteiger partial charge on any atom is 0.0705 e. The van der Waals surface area contributed by atoms with Gasteiger partial charge in [0.1, 0.15) is 0 Å². The van der Waals surface area contributed by atoms with Gasteiger partial charge in [0, 0.05) is 10.6 Å². The number of hydrogen-bond acceptors (Lipinski definition) is 2. The zero-order valence-corrected chi connectivity index (χ0v) is 8.24. The van der Waals surface area contributed by atoms with Crippen LogP contribution in [-0.4, -0.2) is 13.2 Å². The van der Waals surface area contributed by atoms with Crippen molar-refractivity contribution in [2.75, 3.05) is 13.2 Å². The molecule has 0 saturated carbocycles. The van der Waals surface area contributed by atoms with Crippen LogP contribution in [0.25, 0.3) is 0 Å². The summed E-state index contributed by atoms with van der Waals surface area (Å²) in [5.41, 5.74) is 4.00. The Labute approximate surface area is 77.5 Å². The number of nitrogens with one attached hydrogen (secondary N) is 1. The summed E-state index contributed by atoms with van der Waals surface area (Å²) in [6.07, 6.45) is 0. The standard InChI is InChI=1S/C7H13Cl2NO/c1-6(2)5-11-10-4-7(9)3-8/h3,6,10H,4-5H2,1-2H3. The van der Waals surface area contributed by atoms with Gasteiger partial charge in [-0.1, -0.05) is 37.0 Å². The molecule has 66 valence electrons. The van der Waals surface area contributed by atoms with Gasteiger partial charge in [0.05, 0.1) is 13.2 Å². The van der Waals surface area contributed by atoms with E-state index in [4.69, 9.17) is 28.0 Å². The van der Waals surface area contributed by atoms with Gasteiger partial charge in [-0.05, 0) is 5.92 Å². The fourth-order valence-electron chi connectivity index (χ4n) is 0.384. The van der Waals surface area contributed by atoms with Crippen LogP contribution in [0.3, 0.4) is 0 Å². The summed E-state index contributed by atoms with van der Waals surface area (Å²) in [5.74, 6) is 0.515. The van der Waals surface area contributed by atoms with E-state index in [0.29, 0.717) is 24.1 Å². The van der Waals surface area contributed by atoms with Gasteiger partial charge in [-0.25, -0.2) is 0 Å². The zero-order valence-electron chi connectivity index (χ0n) is 6.73. The molecule has 0 aromatic heterocycles. The summed E-state index contributed by atoms with van der Waals surface area (Å²) in [6, 6.07) is 0. The number of halogens is 2. The van der Waals surface area contributed by atoms with E-state index in [9.17, 15) is 0 Å². The van der Waals surface area contributed by atoms with E-state index in [1.165, 1.54) is 5.54 Å². The molecule has 2 nitrogen and oxygen atoms in total. The third kappa shape index (κ3) is 8.14. The van der Waals surface area contributed by atoms with E-state index in [-0.39, 0.29) is 0 Å². The summed E-state index contributed by atoms with van der Waals surface area (Å²) in [4.78, 5) is 5.03. The summed E-state index contributed by atoms with van der Waals surface area (Å²) < 4.78 is 0. The van der Waals surface area contributed by atoms with E-state index in [0.717, 1.165) is 0 Å². The number of hydrogen-bond donors (Lipinski definition) is 1. The summed E-state index contributed by atoms with van der Waals surface area (Å²) in [6.45, 7) is 5.27. The van der Waals surface area contributed by atoms with Crippen LogP contribution in [-0.2, 0) is 4.84 Å². The molecule has 0 rings (SSSR count). The molecule has 0 fully saturated rings. The molecule has 0 aliphatic carbocycles. The molecular weight excluding hydrogens is 185 g/mol. The van der Waals surface area contributed by atoms with Gasteiger partial charge in [-0.15, -0.1) is 0 Å². The Balaban J connectivity index is 3.15. The van der Waals surface area contributed by atoms with Gasteiger partial charge >= 0.3 is 0 Å². The molecule has 0 aliphatic rings. The molecule has 1 N–H and O–H groups in total. The minimum atomic E-state index is 0.456. The van der Waals surface area contributed by atoms with E-state index in [2.05, 4.69) is 19.3 Å². The first-order chi connectivity index (χ1) is 5.16. The molecule has 0 aromatic rings. The third-order valence-electron chi connectivity index (χ3n) is 0.878. The van der Waals surface area contributed by atoms with Crippen molar-refractivity contribution in [1.82, 2.24) is 5.48 Å². The van der Waals surface area contributed by atoms with Crippen LogP contribution in [0.2, 0.25) is 0 Å². The normalized spacial score (nSPS) is 12.6. The summed E-state index contributed by atoms with van der Waals surface area (Å²) >= 11 is 10.9. The van der Waals surface area contributed by atoms with Crippen molar-refractivity contribution in [1.29, 1.82) is 0 Å². The molecule has 0 bridgehead atoms. The molecule has 0 unspecified atom stereocenters. The smallest absolute Gasteiger partial charge is 0.0705 e. The first kappa shape index (κ1) is 11.2. The predicted octanol–water partition coefficient (Wildman–Crippen LogP) is 2.48. The average Bonchev–Trinajstić information content (AvgIpc) is 1.97. The van der Waals surface area contributed by atoms with Crippen LogP contribution in [0.15, 0.2) is 10.6 Å². The molecule has 0 aliphatic heterocycles. The Kier molecular flexibility index (Phi) is 7.07. The van der Waals surface area contributed by atoms with Gasteiger partial charge < -0.3 is 4.84 Å². The maximum absolute atomic E-state index is 5.57. The van der Waals surface area contributed by atoms with Crippen molar-refractivity contribution < 1.29 is 4.84 Å². The van der Waals surface area contributed by atoms with Crippen molar-refractivity contribution in [2.24, 2.45) is 5.92 Å². The van der Waals surface area contributed by atoms with Crippen molar-refractivity contribution in [3.05, 3.63) is 10.6 Å². The van der Waals surface area contributed by atoms with Gasteiger partial charge in [0.2, 0.25) is 0 Å². The second kappa shape index (κ2) is 6.92. The van der Waals surface area contributed by atoms with Crippen LogP contribution >= 0.6 is 23.2 Å². The summed E-state index contributed by atoms with van der Waals surface area (Å²) in [7, 11) is 0. The second-order valence-corrected chi connectivity index (χ2v) is 3.29. The van der Waals surface area contributed by atoms with Crippen molar-refractivity contribution in [2.45, 2.75) is 13.8 Å². The van der Waals surface area contributed by atoms with Gasteiger partial charge in [-0.3, -0.25) is 0 Å². The van der Waals surface area contributed by atoms with Crippen LogP contribution in [0.5, 0.6) is 0 Å². The molecule has 0 aromatic carbocycles. The highest BCUT2D eigenvalue weighted by Gasteiger charge is 1.94. The highest BCUT2D eigenvalue weighted by molar-refractivity contribution is 6.36. The monoisotopic (exact) mass is 197 g/mol. The molecule has 0 heterocycles. The van der Waals surface area contributed by atoms with Gasteiger partial charge in [0.15, 0.2) is 0 Å². The molecule has 4 heteroatoms. The fourth-order valence-corrected chi connectivity index (χ4v) is 0.516. The first-order valence-corrected chi connectivity index (χ1v) is 4.27. The lowest BCUT2D eigenvalue weighted by molar-refractivity contribution is 0.0301. The lowest BCUT2D eigenvalue weighted by atomic mass is 10.2. The number of hydroxylamine groups is 1. The van der Waals surface area contributed by atoms with Crippen molar-refractivity contribution >= 4 is 23.2 Å². The van der Waals surface area contributed by atoms with Crippen LogP contribution < -0.4 is 5.48 Å². The molecular formula is C7H13Cl2NO. The molecule has 0 radical (unpaired) electrons. The minimum Gasteiger partial charge on any atom is -0.301 e. The average molecular weight is 198 g/mol. The predicted molar refractivity (Wildman–Crippen MR) is 48.6 cm³/mol. The zero-order chi connectivity index (χ0) is 8.69. The van der Waals surface area contributed by atoms with E-state index >= 15 is 0 Å². The first-order valence-electron chi connectivity index (χ1n) is 3.46. The van der Waals surface area contributed by atoms with Crippen molar-refractivity contribution in [3.63, 3.8) is 0 Å². The molecule has 0 spiro atoms. The largest absolute Gasteiger partial charge is 0.301 e. The Morgan fingerprint density at radius 3 is 2.73 bits per heavy atom. The highest BCUT2D eigenvalue weighted by atomic mass is 35.5. The fraction of sp³-hybridized carbons (Fsp3) is 0.714. The third-order valence-corrected chi connectivity index (χ3v) is 1.50. The topological polar surface area (TPSA) is 21.3 Å². The van der Waals surface area contributed by atoms with E-state index < -0.39 is 0 Å². The molecule has 0 amide bonds. The van der Waals surface area contributed by atoms with Crippen LogP contribution in [0.1, 0.15) is 13.8 Å². The van der Waals surface area contributed by atoms with Crippen molar-refractivity contribution in [3.8, 4) is 0 Å². The molecule has 11 heavy (non-hydrogen) atoms.